The van der Waals surface area contributed by atoms with Gasteiger partial charge in [-0.3, -0.25) is 0 Å². The van der Waals surface area contributed by atoms with E-state index in [0.29, 0.717) is 12.5 Å². The number of pyridine rings is 1. The Morgan fingerprint density at radius 1 is 1.05 bits per heavy atom. The van der Waals surface area contributed by atoms with Gasteiger partial charge >= 0.3 is 0 Å². The standard InChI is InChI=1S/C15H16N4OS/c1-2-20-15-6-4-12(10-17-15)9-16-8-11-3-5-13-14(7-11)19-21-18-13/h3-7,10,16H,2,8-9H2,1H3. The number of nitrogens with one attached hydrogen (secondary N) is 1. The van der Waals surface area contributed by atoms with Crippen molar-refractivity contribution in [1.82, 2.24) is 19.0 Å². The second-order valence-electron chi connectivity index (χ2n) is 4.63. The summed E-state index contributed by atoms with van der Waals surface area (Å²) in [6.07, 6.45) is 1.84. The molecular weight excluding hydrogens is 284 g/mol. The Bertz CT molecular complexity index is 711. The third-order valence-corrected chi connectivity index (χ3v) is 3.62. The zero-order valence-corrected chi connectivity index (χ0v) is 12.6. The Balaban J connectivity index is 1.55. The zero-order valence-electron chi connectivity index (χ0n) is 11.7. The van der Waals surface area contributed by atoms with Gasteiger partial charge in [0.2, 0.25) is 5.88 Å². The predicted octanol–water partition coefficient (Wildman–Crippen LogP) is 2.77. The third-order valence-electron chi connectivity index (χ3n) is 3.07. The molecule has 0 unspecified atom stereocenters. The molecular formula is C15H16N4OS. The van der Waals surface area contributed by atoms with Gasteiger partial charge in [0.1, 0.15) is 11.0 Å². The summed E-state index contributed by atoms with van der Waals surface area (Å²) in [6.45, 7) is 4.15. The number of nitrogens with zero attached hydrogens (tertiary/aromatic N) is 3. The van der Waals surface area contributed by atoms with Crippen molar-refractivity contribution >= 4 is 22.8 Å². The lowest BCUT2D eigenvalue weighted by Crippen LogP contribution is -2.12. The molecule has 0 spiro atoms. The monoisotopic (exact) mass is 300 g/mol. The van der Waals surface area contributed by atoms with Gasteiger partial charge in [-0.2, -0.15) is 8.75 Å². The first-order chi connectivity index (χ1) is 10.3. The molecule has 1 N–H and O–H groups in total. The zero-order chi connectivity index (χ0) is 14.5. The highest BCUT2D eigenvalue weighted by molar-refractivity contribution is 7.00. The molecule has 5 nitrogen and oxygen atoms in total. The molecule has 0 fully saturated rings. The number of fused-ring (bicyclic) bond motifs is 1. The molecule has 0 saturated carbocycles. The molecule has 0 aliphatic heterocycles. The molecule has 2 aromatic heterocycles. The fourth-order valence-corrected chi connectivity index (χ4v) is 2.55. The smallest absolute Gasteiger partial charge is 0.213 e. The van der Waals surface area contributed by atoms with Crippen LogP contribution >= 0.6 is 11.7 Å². The first-order valence-corrected chi connectivity index (χ1v) is 7.58. The van der Waals surface area contributed by atoms with E-state index in [0.717, 1.165) is 29.7 Å². The van der Waals surface area contributed by atoms with Gasteiger partial charge in [0.05, 0.1) is 18.3 Å². The Labute approximate surface area is 127 Å². The molecule has 0 aliphatic rings. The van der Waals surface area contributed by atoms with Crippen molar-refractivity contribution in [3.8, 4) is 5.88 Å². The van der Waals surface area contributed by atoms with Gasteiger partial charge in [0, 0.05) is 25.4 Å². The highest BCUT2D eigenvalue weighted by Crippen LogP contribution is 2.13. The molecule has 0 radical (unpaired) electrons. The minimum absolute atomic E-state index is 0.637. The van der Waals surface area contributed by atoms with E-state index in [1.54, 1.807) is 0 Å². The summed E-state index contributed by atoms with van der Waals surface area (Å²) >= 11 is 1.25. The fourth-order valence-electron chi connectivity index (χ4n) is 2.04. The van der Waals surface area contributed by atoms with Crippen LogP contribution in [-0.2, 0) is 13.1 Å². The normalized spacial score (nSPS) is 10.9. The molecule has 6 heteroatoms. The van der Waals surface area contributed by atoms with Crippen LogP contribution in [0.2, 0.25) is 0 Å². The summed E-state index contributed by atoms with van der Waals surface area (Å²) in [5.41, 5.74) is 4.26. The number of aromatic nitrogens is 3. The molecule has 3 rings (SSSR count). The second-order valence-corrected chi connectivity index (χ2v) is 5.16. The van der Waals surface area contributed by atoms with E-state index in [9.17, 15) is 0 Å². The molecule has 0 saturated heterocycles. The van der Waals surface area contributed by atoms with Gasteiger partial charge in [-0.1, -0.05) is 12.1 Å². The van der Waals surface area contributed by atoms with E-state index in [2.05, 4.69) is 31.2 Å². The largest absolute Gasteiger partial charge is 0.478 e. The summed E-state index contributed by atoms with van der Waals surface area (Å²) < 4.78 is 13.8. The highest BCUT2D eigenvalue weighted by atomic mass is 32.1. The second kappa shape index (κ2) is 6.60. The first-order valence-electron chi connectivity index (χ1n) is 6.85. The van der Waals surface area contributed by atoms with Crippen LogP contribution in [0.1, 0.15) is 18.1 Å². The molecule has 3 aromatic rings. The molecule has 108 valence electrons. The Hall–Kier alpha value is -2.05. The van der Waals surface area contributed by atoms with Crippen LogP contribution in [0.4, 0.5) is 0 Å². The SMILES string of the molecule is CCOc1ccc(CNCc2ccc3nsnc3c2)cn1. The third kappa shape index (κ3) is 3.53. The van der Waals surface area contributed by atoms with Crippen LogP contribution in [0.25, 0.3) is 11.0 Å². The molecule has 2 heterocycles. The Morgan fingerprint density at radius 3 is 2.67 bits per heavy atom. The highest BCUT2D eigenvalue weighted by Gasteiger charge is 2.01. The lowest BCUT2D eigenvalue weighted by molar-refractivity contribution is 0.326. The number of hydrogen-bond donors (Lipinski definition) is 1. The van der Waals surface area contributed by atoms with E-state index in [-0.39, 0.29) is 0 Å². The number of ether oxygens (including phenoxy) is 1. The van der Waals surface area contributed by atoms with Crippen molar-refractivity contribution in [1.29, 1.82) is 0 Å². The molecule has 1 aromatic carbocycles. The van der Waals surface area contributed by atoms with Gasteiger partial charge in [0.25, 0.3) is 0 Å². The van der Waals surface area contributed by atoms with E-state index < -0.39 is 0 Å². The molecule has 21 heavy (non-hydrogen) atoms. The summed E-state index contributed by atoms with van der Waals surface area (Å²) in [6, 6.07) is 10.1. The lowest BCUT2D eigenvalue weighted by Gasteiger charge is -2.06. The van der Waals surface area contributed by atoms with Crippen molar-refractivity contribution in [2.75, 3.05) is 6.61 Å². The van der Waals surface area contributed by atoms with Gasteiger partial charge in [-0.05, 0) is 30.2 Å². The quantitative estimate of drug-likeness (QED) is 0.758. The van der Waals surface area contributed by atoms with Crippen LogP contribution in [0, 0.1) is 0 Å². The summed E-state index contributed by atoms with van der Waals surface area (Å²) in [5, 5.41) is 3.40. The Morgan fingerprint density at radius 2 is 1.86 bits per heavy atom. The molecule has 0 aliphatic carbocycles. The number of benzene rings is 1. The van der Waals surface area contributed by atoms with Crippen LogP contribution in [-0.4, -0.2) is 20.3 Å². The average molecular weight is 300 g/mol. The van der Waals surface area contributed by atoms with Crippen molar-refractivity contribution in [2.24, 2.45) is 0 Å². The molecule has 0 atom stereocenters. The van der Waals surface area contributed by atoms with Crippen molar-refractivity contribution in [2.45, 2.75) is 20.0 Å². The fraction of sp³-hybridized carbons (Fsp3) is 0.267. The summed E-state index contributed by atoms with van der Waals surface area (Å²) in [4.78, 5) is 4.25. The maximum Gasteiger partial charge on any atom is 0.213 e. The average Bonchev–Trinajstić information content (AvgIpc) is 2.97. The van der Waals surface area contributed by atoms with Crippen LogP contribution < -0.4 is 10.1 Å². The number of rotatable bonds is 6. The van der Waals surface area contributed by atoms with Crippen molar-refractivity contribution in [3.63, 3.8) is 0 Å². The first kappa shape index (κ1) is 13.9. The summed E-state index contributed by atoms with van der Waals surface area (Å²) in [5.74, 6) is 0.669. The van der Waals surface area contributed by atoms with E-state index in [1.807, 2.05) is 31.3 Å². The maximum absolute atomic E-state index is 5.32. The minimum atomic E-state index is 0.637. The van der Waals surface area contributed by atoms with Crippen molar-refractivity contribution < 1.29 is 4.74 Å². The van der Waals surface area contributed by atoms with Gasteiger partial charge < -0.3 is 10.1 Å². The van der Waals surface area contributed by atoms with Crippen LogP contribution in [0.3, 0.4) is 0 Å². The minimum Gasteiger partial charge on any atom is -0.478 e. The van der Waals surface area contributed by atoms with E-state index in [4.69, 9.17) is 4.74 Å². The Kier molecular flexibility index (Phi) is 4.37. The topological polar surface area (TPSA) is 59.9 Å². The van der Waals surface area contributed by atoms with E-state index >= 15 is 0 Å². The van der Waals surface area contributed by atoms with E-state index in [1.165, 1.54) is 17.3 Å². The van der Waals surface area contributed by atoms with Crippen LogP contribution in [0.5, 0.6) is 5.88 Å². The van der Waals surface area contributed by atoms with Gasteiger partial charge in [-0.15, -0.1) is 0 Å². The molecule has 0 amide bonds. The summed E-state index contributed by atoms with van der Waals surface area (Å²) in [7, 11) is 0. The van der Waals surface area contributed by atoms with Crippen LogP contribution in [0.15, 0.2) is 36.5 Å². The van der Waals surface area contributed by atoms with Crippen molar-refractivity contribution in [3.05, 3.63) is 47.7 Å². The van der Waals surface area contributed by atoms with Gasteiger partial charge in [-0.25, -0.2) is 4.98 Å². The lowest BCUT2D eigenvalue weighted by atomic mass is 10.2. The maximum atomic E-state index is 5.32. The van der Waals surface area contributed by atoms with Gasteiger partial charge in [0.15, 0.2) is 0 Å². The predicted molar refractivity (Wildman–Crippen MR) is 83.4 cm³/mol. The molecule has 0 bridgehead atoms. The number of hydrogen-bond acceptors (Lipinski definition) is 6.